The number of hydrogen-bond donors (Lipinski definition) is 0. The predicted molar refractivity (Wildman–Crippen MR) is 122 cm³/mol. The van der Waals surface area contributed by atoms with Crippen LogP contribution in [0.15, 0.2) is 91.0 Å². The molecule has 1 aliphatic rings. The first-order valence-corrected chi connectivity index (χ1v) is 10.9. The van der Waals surface area contributed by atoms with E-state index in [0.717, 1.165) is 9.99 Å². The van der Waals surface area contributed by atoms with E-state index in [-0.39, 0.29) is 5.91 Å². The van der Waals surface area contributed by atoms with E-state index < -0.39 is 5.97 Å². The number of carbonyl (C=O) groups is 2. The fourth-order valence-corrected chi connectivity index (χ4v) is 4.52. The number of esters is 1. The first kappa shape index (κ1) is 21.0. The normalized spacial score (nSPS) is 16.3. The lowest BCUT2D eigenvalue weighted by Gasteiger charge is -2.07. The summed E-state index contributed by atoms with van der Waals surface area (Å²) in [4.78, 5) is 31.8. The van der Waals surface area contributed by atoms with Crippen LogP contribution in [0.2, 0.25) is 0 Å². The van der Waals surface area contributed by atoms with Crippen molar-refractivity contribution in [3.05, 3.63) is 83.0 Å². The van der Waals surface area contributed by atoms with Gasteiger partial charge in [0.05, 0.1) is 23.3 Å². The lowest BCUT2D eigenvalue weighted by atomic mass is 10.2. The Hall–Kier alpha value is -3.23. The molecule has 1 amide bonds. The van der Waals surface area contributed by atoms with Crippen LogP contribution in [-0.2, 0) is 9.53 Å². The quantitative estimate of drug-likeness (QED) is 0.380. The topological polar surface area (TPSA) is 72.1 Å². The molecule has 31 heavy (non-hydrogen) atoms. The molecule has 1 aliphatic heterocycles. The number of amides is 1. The van der Waals surface area contributed by atoms with Crippen molar-refractivity contribution in [2.45, 2.75) is 9.99 Å². The van der Waals surface area contributed by atoms with Crippen LogP contribution in [0, 0.1) is 0 Å². The summed E-state index contributed by atoms with van der Waals surface area (Å²) in [5, 5.41) is 1.30. The highest BCUT2D eigenvalue weighted by atomic mass is 32.2. The summed E-state index contributed by atoms with van der Waals surface area (Å²) in [6.45, 7) is 0. The van der Waals surface area contributed by atoms with Gasteiger partial charge in [-0.05, 0) is 60.3 Å². The van der Waals surface area contributed by atoms with Crippen molar-refractivity contribution in [1.82, 2.24) is 4.90 Å². The third-order valence-electron chi connectivity index (χ3n) is 4.35. The zero-order valence-electron chi connectivity index (χ0n) is 16.8. The molecule has 156 valence electrons. The van der Waals surface area contributed by atoms with Crippen LogP contribution in [-0.4, -0.2) is 36.1 Å². The molecule has 3 aromatic rings. The molecule has 8 heteroatoms. The summed E-state index contributed by atoms with van der Waals surface area (Å²) in [6.07, 6.45) is 1.72. The third kappa shape index (κ3) is 4.92. The van der Waals surface area contributed by atoms with Crippen molar-refractivity contribution in [3.63, 3.8) is 0 Å². The maximum absolute atomic E-state index is 12.6. The zero-order chi connectivity index (χ0) is 21.8. The van der Waals surface area contributed by atoms with E-state index in [0.29, 0.717) is 27.1 Å². The second-order valence-corrected chi connectivity index (χ2v) is 8.57. The molecule has 1 aromatic heterocycles. The molecule has 1 saturated heterocycles. The number of nitrogens with zero attached hydrogens (tertiary/aromatic N) is 2. The highest BCUT2D eigenvalue weighted by Gasteiger charge is 2.30. The van der Waals surface area contributed by atoms with Gasteiger partial charge < -0.3 is 9.15 Å². The lowest BCUT2D eigenvalue weighted by Crippen LogP contribution is -2.23. The van der Waals surface area contributed by atoms with E-state index in [1.165, 1.54) is 35.5 Å². The van der Waals surface area contributed by atoms with Crippen LogP contribution < -0.4 is 0 Å². The zero-order valence-corrected chi connectivity index (χ0v) is 18.4. The van der Waals surface area contributed by atoms with Gasteiger partial charge in [0.25, 0.3) is 5.91 Å². The molecule has 6 nitrogen and oxygen atoms in total. The summed E-state index contributed by atoms with van der Waals surface area (Å²) in [5.41, 5.74) is 1.08. The molecule has 0 unspecified atom stereocenters. The van der Waals surface area contributed by atoms with Gasteiger partial charge in [-0.1, -0.05) is 30.0 Å². The van der Waals surface area contributed by atoms with Gasteiger partial charge in [-0.3, -0.25) is 9.69 Å². The van der Waals surface area contributed by atoms with Gasteiger partial charge in [0, 0.05) is 18.0 Å². The smallest absolute Gasteiger partial charge is 0.337 e. The molecular weight excluding hydrogens is 432 g/mol. The van der Waals surface area contributed by atoms with Crippen molar-refractivity contribution in [2.24, 2.45) is 4.99 Å². The summed E-state index contributed by atoms with van der Waals surface area (Å²) in [6, 6.07) is 20.4. The van der Waals surface area contributed by atoms with E-state index in [1.54, 1.807) is 37.4 Å². The number of thioether (sulfide) groups is 1. The second-order valence-electron chi connectivity index (χ2n) is 6.48. The van der Waals surface area contributed by atoms with Crippen LogP contribution in [0.25, 0.3) is 6.08 Å². The van der Waals surface area contributed by atoms with Gasteiger partial charge in [0.1, 0.15) is 5.76 Å². The summed E-state index contributed by atoms with van der Waals surface area (Å²) in [5.74, 6) is 0.0464. The summed E-state index contributed by atoms with van der Waals surface area (Å²) >= 11 is 2.79. The van der Waals surface area contributed by atoms with Crippen molar-refractivity contribution in [2.75, 3.05) is 14.2 Å². The number of rotatable bonds is 5. The van der Waals surface area contributed by atoms with Crippen LogP contribution in [0.3, 0.4) is 0 Å². The van der Waals surface area contributed by atoms with Crippen LogP contribution in [0.4, 0.5) is 5.69 Å². The SMILES string of the molecule is COC(=O)c1ccc(N=C2S/C(=C\c3ccc(Sc4ccccc4)o3)C(=O)N2C)cc1. The van der Waals surface area contributed by atoms with Crippen molar-refractivity contribution in [1.29, 1.82) is 0 Å². The molecule has 2 aromatic carbocycles. The number of ether oxygens (including phenoxy) is 1. The maximum atomic E-state index is 12.6. The van der Waals surface area contributed by atoms with Crippen molar-refractivity contribution >= 4 is 52.3 Å². The van der Waals surface area contributed by atoms with E-state index in [2.05, 4.69) is 4.99 Å². The Balaban J connectivity index is 1.49. The minimum Gasteiger partial charge on any atom is -0.465 e. The van der Waals surface area contributed by atoms with Crippen LogP contribution >= 0.6 is 23.5 Å². The average molecular weight is 451 g/mol. The molecule has 2 heterocycles. The summed E-state index contributed by atoms with van der Waals surface area (Å²) in [7, 11) is 3.01. The highest BCUT2D eigenvalue weighted by Crippen LogP contribution is 2.35. The molecule has 0 N–H and O–H groups in total. The predicted octanol–water partition coefficient (Wildman–Crippen LogP) is 5.45. The number of benzene rings is 2. The van der Waals surface area contributed by atoms with Crippen LogP contribution in [0.1, 0.15) is 16.1 Å². The number of methoxy groups -OCH3 is 1. The number of hydrogen-bond acceptors (Lipinski definition) is 7. The van der Waals surface area contributed by atoms with E-state index in [9.17, 15) is 9.59 Å². The molecule has 0 atom stereocenters. The van der Waals surface area contributed by atoms with E-state index in [1.807, 2.05) is 42.5 Å². The number of amidine groups is 1. The molecule has 1 fully saturated rings. The molecular formula is C23H18N2O4S2. The van der Waals surface area contributed by atoms with Gasteiger partial charge in [-0.2, -0.15) is 0 Å². The standard InChI is InChI=1S/C23H18N2O4S2/c1-25-21(26)19(14-17-12-13-20(29-17)30-18-6-4-3-5-7-18)31-23(25)24-16-10-8-15(9-11-16)22(27)28-2/h3-14H,1-2H3/b19-14-,24-23?. The fourth-order valence-electron chi connectivity index (χ4n) is 2.75. The van der Waals surface area contributed by atoms with Crippen molar-refractivity contribution < 1.29 is 18.7 Å². The largest absolute Gasteiger partial charge is 0.465 e. The summed E-state index contributed by atoms with van der Waals surface area (Å²) < 4.78 is 10.5. The first-order valence-electron chi connectivity index (χ1n) is 9.31. The second kappa shape index (κ2) is 9.28. The molecule has 0 spiro atoms. The number of likely N-dealkylation sites (N-methyl/N-ethyl adjacent to an activating group) is 1. The van der Waals surface area contributed by atoms with Gasteiger partial charge in [0.15, 0.2) is 10.3 Å². The molecule has 0 radical (unpaired) electrons. The van der Waals surface area contributed by atoms with Crippen molar-refractivity contribution in [3.8, 4) is 0 Å². The minimum absolute atomic E-state index is 0.149. The Kier molecular flexibility index (Phi) is 6.29. The van der Waals surface area contributed by atoms with Gasteiger partial charge in [0.2, 0.25) is 0 Å². The maximum Gasteiger partial charge on any atom is 0.337 e. The lowest BCUT2D eigenvalue weighted by molar-refractivity contribution is -0.121. The van der Waals surface area contributed by atoms with Gasteiger partial charge in [-0.15, -0.1) is 0 Å². The van der Waals surface area contributed by atoms with Gasteiger partial charge >= 0.3 is 5.97 Å². The minimum atomic E-state index is -0.407. The van der Waals surface area contributed by atoms with E-state index >= 15 is 0 Å². The molecule has 0 saturated carbocycles. The Morgan fingerprint density at radius 3 is 2.55 bits per heavy atom. The molecule has 4 rings (SSSR count). The Morgan fingerprint density at radius 2 is 1.84 bits per heavy atom. The number of aliphatic imine (C=N–C) groups is 1. The van der Waals surface area contributed by atoms with Gasteiger partial charge in [-0.25, -0.2) is 9.79 Å². The first-order chi connectivity index (χ1) is 15.0. The Labute approximate surface area is 188 Å². The number of carbonyl (C=O) groups excluding carboxylic acids is 2. The van der Waals surface area contributed by atoms with Crippen LogP contribution in [0.5, 0.6) is 0 Å². The Bertz CT molecular complexity index is 1170. The molecule has 0 aliphatic carbocycles. The highest BCUT2D eigenvalue weighted by molar-refractivity contribution is 8.18. The third-order valence-corrected chi connectivity index (χ3v) is 6.34. The molecule has 0 bridgehead atoms. The fraction of sp³-hybridized carbons (Fsp3) is 0.0870. The number of furan rings is 1. The van der Waals surface area contributed by atoms with E-state index in [4.69, 9.17) is 9.15 Å². The Morgan fingerprint density at radius 1 is 1.10 bits per heavy atom. The monoisotopic (exact) mass is 450 g/mol. The average Bonchev–Trinajstić information content (AvgIpc) is 3.34.